The summed E-state index contributed by atoms with van der Waals surface area (Å²) in [5.41, 5.74) is 0.853. The Kier molecular flexibility index (Phi) is 5.49. The maximum Gasteiger partial charge on any atom is 0.234 e. The molecule has 0 aliphatic rings. The molecule has 2 rings (SSSR count). The summed E-state index contributed by atoms with van der Waals surface area (Å²) in [7, 11) is 0. The van der Waals surface area contributed by atoms with Gasteiger partial charge in [-0.05, 0) is 24.3 Å². The smallest absolute Gasteiger partial charge is 0.234 e. The summed E-state index contributed by atoms with van der Waals surface area (Å²) in [5.74, 6) is 1.53. The van der Waals surface area contributed by atoms with Crippen molar-refractivity contribution in [3.8, 4) is 0 Å². The van der Waals surface area contributed by atoms with Crippen LogP contribution in [0.1, 0.15) is 6.42 Å². The summed E-state index contributed by atoms with van der Waals surface area (Å²) in [4.78, 5) is 15.6. The van der Waals surface area contributed by atoms with Crippen molar-refractivity contribution in [1.29, 1.82) is 0 Å². The van der Waals surface area contributed by atoms with Crippen LogP contribution in [0.15, 0.2) is 49.1 Å². The van der Waals surface area contributed by atoms with E-state index in [1.165, 1.54) is 0 Å². The lowest BCUT2D eigenvalue weighted by atomic mass is 10.3. The second-order valence-corrected chi connectivity index (χ2v) is 5.23. The number of carbonyl (C=O) groups is 1. The molecule has 2 aromatic rings. The molecule has 5 heteroatoms. The number of aryl methyl sites for hydroxylation is 1. The first-order chi connectivity index (χ1) is 9.34. The van der Waals surface area contributed by atoms with Crippen molar-refractivity contribution in [3.63, 3.8) is 0 Å². The van der Waals surface area contributed by atoms with Crippen LogP contribution in [-0.2, 0) is 11.3 Å². The number of aromatic nitrogens is 2. The van der Waals surface area contributed by atoms with Gasteiger partial charge in [-0.3, -0.25) is 4.79 Å². The Balaban J connectivity index is 1.57. The third kappa shape index (κ3) is 5.18. The molecule has 1 heterocycles. The zero-order chi connectivity index (χ0) is 13.3. The van der Waals surface area contributed by atoms with Crippen molar-refractivity contribution in [2.45, 2.75) is 13.0 Å². The van der Waals surface area contributed by atoms with E-state index in [0.717, 1.165) is 24.4 Å². The van der Waals surface area contributed by atoms with Gasteiger partial charge in [0.1, 0.15) is 0 Å². The average Bonchev–Trinajstić information content (AvgIpc) is 2.92. The average molecular weight is 275 g/mol. The minimum Gasteiger partial charge on any atom is -0.337 e. The molecule has 0 saturated carbocycles. The predicted molar refractivity (Wildman–Crippen MR) is 79.2 cm³/mol. The van der Waals surface area contributed by atoms with Gasteiger partial charge in [0.05, 0.1) is 12.1 Å². The van der Waals surface area contributed by atoms with Gasteiger partial charge in [-0.2, -0.15) is 11.8 Å². The fourth-order valence-electron chi connectivity index (χ4n) is 1.65. The molecule has 4 nitrogen and oxygen atoms in total. The van der Waals surface area contributed by atoms with Gasteiger partial charge in [0, 0.05) is 24.6 Å². The van der Waals surface area contributed by atoms with Crippen LogP contribution in [0.4, 0.5) is 5.69 Å². The van der Waals surface area contributed by atoms with E-state index in [4.69, 9.17) is 0 Å². The van der Waals surface area contributed by atoms with Crippen molar-refractivity contribution in [2.24, 2.45) is 0 Å². The number of imidazole rings is 1. The number of carbonyl (C=O) groups excluding carboxylic acids is 1. The van der Waals surface area contributed by atoms with Crippen LogP contribution >= 0.6 is 11.8 Å². The lowest BCUT2D eigenvalue weighted by Gasteiger charge is -2.05. The fraction of sp³-hybridized carbons (Fsp3) is 0.286. The molecule has 0 bridgehead atoms. The third-order valence-electron chi connectivity index (χ3n) is 2.55. The first-order valence-electron chi connectivity index (χ1n) is 6.23. The molecule has 1 amide bonds. The van der Waals surface area contributed by atoms with Crippen molar-refractivity contribution in [2.75, 3.05) is 16.8 Å². The largest absolute Gasteiger partial charge is 0.337 e. The van der Waals surface area contributed by atoms with Gasteiger partial charge in [0.25, 0.3) is 0 Å². The first kappa shape index (κ1) is 13.7. The van der Waals surface area contributed by atoms with Gasteiger partial charge in [-0.1, -0.05) is 18.2 Å². The molecule has 0 atom stereocenters. The van der Waals surface area contributed by atoms with Crippen molar-refractivity contribution >= 4 is 23.4 Å². The van der Waals surface area contributed by atoms with E-state index in [9.17, 15) is 4.79 Å². The Labute approximate surface area is 117 Å². The second kappa shape index (κ2) is 7.63. The minimum absolute atomic E-state index is 0.0545. The lowest BCUT2D eigenvalue weighted by molar-refractivity contribution is -0.113. The molecule has 1 N–H and O–H groups in total. The highest BCUT2D eigenvalue weighted by Crippen LogP contribution is 2.08. The number of benzene rings is 1. The molecule has 0 radical (unpaired) electrons. The Hall–Kier alpha value is -1.75. The van der Waals surface area contributed by atoms with Gasteiger partial charge < -0.3 is 9.88 Å². The third-order valence-corrected chi connectivity index (χ3v) is 3.60. The summed E-state index contributed by atoms with van der Waals surface area (Å²) < 4.78 is 2.05. The predicted octanol–water partition coefficient (Wildman–Crippen LogP) is 2.65. The minimum atomic E-state index is 0.0545. The molecular formula is C14H17N3OS. The molecule has 0 aliphatic heterocycles. The zero-order valence-corrected chi connectivity index (χ0v) is 11.5. The van der Waals surface area contributed by atoms with Crippen LogP contribution < -0.4 is 5.32 Å². The fourth-order valence-corrected chi connectivity index (χ4v) is 2.39. The van der Waals surface area contributed by atoms with Gasteiger partial charge in [0.2, 0.25) is 5.91 Å². The number of thioether (sulfide) groups is 1. The molecule has 0 unspecified atom stereocenters. The molecule has 1 aromatic carbocycles. The zero-order valence-electron chi connectivity index (χ0n) is 10.7. The molecule has 0 spiro atoms. The Bertz CT molecular complexity index is 485. The summed E-state index contributed by atoms with van der Waals surface area (Å²) >= 11 is 1.66. The van der Waals surface area contributed by atoms with E-state index < -0.39 is 0 Å². The maximum absolute atomic E-state index is 11.7. The maximum atomic E-state index is 11.7. The van der Waals surface area contributed by atoms with E-state index in [-0.39, 0.29) is 5.91 Å². The first-order valence-corrected chi connectivity index (χ1v) is 7.38. The number of amides is 1. The van der Waals surface area contributed by atoms with Crippen molar-refractivity contribution in [1.82, 2.24) is 9.55 Å². The second-order valence-electron chi connectivity index (χ2n) is 4.12. The van der Waals surface area contributed by atoms with E-state index in [1.807, 2.05) is 47.4 Å². The van der Waals surface area contributed by atoms with E-state index in [1.54, 1.807) is 18.0 Å². The quantitative estimate of drug-likeness (QED) is 0.790. The normalized spacial score (nSPS) is 10.3. The number of nitrogens with zero attached hydrogens (tertiary/aromatic N) is 2. The summed E-state index contributed by atoms with van der Waals surface area (Å²) in [5, 5.41) is 2.87. The topological polar surface area (TPSA) is 46.9 Å². The lowest BCUT2D eigenvalue weighted by Crippen LogP contribution is -2.14. The van der Waals surface area contributed by atoms with Gasteiger partial charge in [-0.15, -0.1) is 0 Å². The number of hydrogen-bond acceptors (Lipinski definition) is 3. The molecule has 0 aliphatic carbocycles. The molecule has 0 saturated heterocycles. The highest BCUT2D eigenvalue weighted by atomic mass is 32.2. The van der Waals surface area contributed by atoms with Crippen LogP contribution in [-0.4, -0.2) is 27.0 Å². The van der Waals surface area contributed by atoms with Crippen LogP contribution in [0.2, 0.25) is 0 Å². The Morgan fingerprint density at radius 1 is 1.32 bits per heavy atom. The number of rotatable bonds is 7. The van der Waals surface area contributed by atoms with Gasteiger partial charge in [0.15, 0.2) is 0 Å². The molecule has 0 fully saturated rings. The summed E-state index contributed by atoms with van der Waals surface area (Å²) in [6.07, 6.45) is 6.58. The van der Waals surface area contributed by atoms with E-state index in [2.05, 4.69) is 10.3 Å². The highest BCUT2D eigenvalue weighted by Gasteiger charge is 2.01. The Morgan fingerprint density at radius 2 is 2.16 bits per heavy atom. The standard InChI is InChI=1S/C14H17N3OS/c18-14(16-13-5-2-1-3-6-13)11-19-10-4-8-17-9-7-15-12-17/h1-3,5-7,9,12H,4,8,10-11H2,(H,16,18). The number of nitrogens with one attached hydrogen (secondary N) is 1. The number of hydrogen-bond donors (Lipinski definition) is 1. The highest BCUT2D eigenvalue weighted by molar-refractivity contribution is 7.99. The van der Waals surface area contributed by atoms with Crippen molar-refractivity contribution in [3.05, 3.63) is 49.1 Å². The molecule has 1 aromatic heterocycles. The summed E-state index contributed by atoms with van der Waals surface area (Å²) in [6, 6.07) is 9.53. The summed E-state index contributed by atoms with van der Waals surface area (Å²) in [6.45, 7) is 0.952. The van der Waals surface area contributed by atoms with E-state index >= 15 is 0 Å². The SMILES string of the molecule is O=C(CSCCCn1ccnc1)Nc1ccccc1. The van der Waals surface area contributed by atoms with Crippen molar-refractivity contribution < 1.29 is 4.79 Å². The molecule has 100 valence electrons. The number of anilines is 1. The van der Waals surface area contributed by atoms with Crippen LogP contribution in [0.25, 0.3) is 0 Å². The molecule has 19 heavy (non-hydrogen) atoms. The van der Waals surface area contributed by atoms with Gasteiger partial charge in [-0.25, -0.2) is 4.98 Å². The monoisotopic (exact) mass is 275 g/mol. The number of para-hydroxylation sites is 1. The molecular weight excluding hydrogens is 258 g/mol. The van der Waals surface area contributed by atoms with Gasteiger partial charge >= 0.3 is 0 Å². The van der Waals surface area contributed by atoms with Crippen LogP contribution in [0.5, 0.6) is 0 Å². The van der Waals surface area contributed by atoms with Crippen LogP contribution in [0, 0.1) is 0 Å². The van der Waals surface area contributed by atoms with E-state index in [0.29, 0.717) is 5.75 Å². The Morgan fingerprint density at radius 3 is 2.89 bits per heavy atom. The van der Waals surface area contributed by atoms with Crippen LogP contribution in [0.3, 0.4) is 0 Å².